The molecule has 0 spiro atoms. The third kappa shape index (κ3) is 5.65. The molecular formula is C18H15Br3Cl3N6O3P3. The molecule has 0 amide bonds. The van der Waals surface area contributed by atoms with Crippen molar-refractivity contribution in [2.45, 2.75) is 0 Å². The SMILES string of the molecule is Nc1ccc(OP2(Oc3ccc(N)cc3Br)(Oc3ccc(N)cc3Br)N=PN(Cl)P(Cl)N2Cl)c(Br)c1. The van der Waals surface area contributed by atoms with Crippen LogP contribution in [0.1, 0.15) is 0 Å². The molecule has 0 aliphatic carbocycles. The van der Waals surface area contributed by atoms with Crippen LogP contribution in [-0.4, -0.2) is 7.92 Å². The van der Waals surface area contributed by atoms with Gasteiger partial charge in [-0.1, -0.05) is 0 Å². The van der Waals surface area contributed by atoms with E-state index in [4.69, 9.17) is 65.6 Å². The molecule has 1 aliphatic heterocycles. The normalized spacial score (nSPS) is 20.7. The number of nitrogen functional groups attached to an aromatic ring is 3. The van der Waals surface area contributed by atoms with Crippen LogP contribution in [0, 0.1) is 0 Å². The molecule has 4 rings (SSSR count). The van der Waals surface area contributed by atoms with Crippen molar-refractivity contribution in [3.8, 4) is 17.2 Å². The van der Waals surface area contributed by atoms with Crippen molar-refractivity contribution in [3.05, 3.63) is 68.0 Å². The van der Waals surface area contributed by atoms with E-state index < -0.39 is 15.2 Å². The molecule has 1 unspecified atom stereocenters. The Bertz CT molecular complexity index is 1230. The summed E-state index contributed by atoms with van der Waals surface area (Å²) in [4.78, 5) is 0. The Balaban J connectivity index is 2.01. The maximum atomic E-state index is 6.91. The predicted octanol–water partition coefficient (Wildman–Crippen LogP) is 9.82. The van der Waals surface area contributed by atoms with Crippen LogP contribution in [0.25, 0.3) is 0 Å². The van der Waals surface area contributed by atoms with E-state index in [-0.39, 0.29) is 25.8 Å². The molecule has 0 aromatic heterocycles. The second-order valence-electron chi connectivity index (χ2n) is 7.05. The summed E-state index contributed by atoms with van der Waals surface area (Å²) in [6.45, 7) is 0. The van der Waals surface area contributed by atoms with Crippen LogP contribution >= 0.6 is 106 Å². The fourth-order valence-electron chi connectivity index (χ4n) is 2.84. The molecule has 6 N–H and O–H groups in total. The molecule has 9 nitrogen and oxygen atoms in total. The van der Waals surface area contributed by atoms with E-state index in [1.165, 1.54) is 3.96 Å². The van der Waals surface area contributed by atoms with Gasteiger partial charge in [0, 0.05) is 0 Å². The first kappa shape index (κ1) is 28.7. The summed E-state index contributed by atoms with van der Waals surface area (Å²) in [5.41, 5.74) is 19.3. The number of halogens is 6. The van der Waals surface area contributed by atoms with E-state index in [0.717, 1.165) is 3.96 Å². The zero-order valence-electron chi connectivity index (χ0n) is 17.6. The summed E-state index contributed by atoms with van der Waals surface area (Å²) in [6, 6.07) is 14.7. The van der Waals surface area contributed by atoms with Gasteiger partial charge in [-0.25, -0.2) is 0 Å². The number of hydrogen-bond acceptors (Lipinski definition) is 9. The molecule has 1 heterocycles. The van der Waals surface area contributed by atoms with Gasteiger partial charge in [-0.15, -0.1) is 0 Å². The van der Waals surface area contributed by atoms with Crippen molar-refractivity contribution in [1.82, 2.24) is 7.92 Å². The van der Waals surface area contributed by atoms with Crippen LogP contribution < -0.4 is 30.8 Å². The van der Waals surface area contributed by atoms with Gasteiger partial charge in [0.2, 0.25) is 0 Å². The Morgan fingerprint density at radius 1 is 0.750 bits per heavy atom. The van der Waals surface area contributed by atoms with Crippen LogP contribution in [0.2, 0.25) is 0 Å². The Morgan fingerprint density at radius 3 is 1.44 bits per heavy atom. The number of nitrogens with zero attached hydrogens (tertiary/aromatic N) is 3. The van der Waals surface area contributed by atoms with E-state index in [1.54, 1.807) is 54.6 Å². The Kier molecular flexibility index (Phi) is 8.78. The first-order valence-corrected chi connectivity index (χ1v) is 17.4. The molecule has 3 aromatic rings. The standard InChI is InChI=1S/C18H15Br3Cl3N6O3P3/c19-13-7-10(25)1-4-16(13)31-36(28-34-29(22)35(24)30(36)23,32-17-5-2-11(26)8-14(17)20)33-18-6-3-12(27)9-15(18)21/h1-9H,25-27H2. The summed E-state index contributed by atoms with van der Waals surface area (Å²) in [6.07, 6.45) is 0. The Hall–Kier alpha value is -0.350. The van der Waals surface area contributed by atoms with Crippen molar-refractivity contribution in [1.29, 1.82) is 0 Å². The minimum absolute atomic E-state index is 0.169. The number of nitrogens with two attached hydrogens (primary N) is 3. The average Bonchev–Trinajstić information content (AvgIpc) is 2.82. The van der Waals surface area contributed by atoms with Crippen LogP contribution in [-0.2, 0) is 0 Å². The van der Waals surface area contributed by atoms with Gasteiger partial charge in [0.15, 0.2) is 0 Å². The zero-order chi connectivity index (χ0) is 26.3. The van der Waals surface area contributed by atoms with Crippen molar-refractivity contribution < 1.29 is 13.6 Å². The van der Waals surface area contributed by atoms with Crippen LogP contribution in [0.5, 0.6) is 17.2 Å². The molecule has 0 radical (unpaired) electrons. The fraction of sp³-hybridized carbons (Fsp3) is 0. The topological polar surface area (TPSA) is 125 Å². The van der Waals surface area contributed by atoms with E-state index in [1.807, 2.05) is 0 Å². The molecule has 192 valence electrons. The van der Waals surface area contributed by atoms with Gasteiger partial charge in [-0.3, -0.25) is 0 Å². The van der Waals surface area contributed by atoms with Crippen LogP contribution in [0.15, 0.2) is 72.5 Å². The van der Waals surface area contributed by atoms with Crippen molar-refractivity contribution in [2.24, 2.45) is 4.52 Å². The minimum atomic E-state index is -5.06. The zero-order valence-corrected chi connectivity index (χ0v) is 27.3. The third-order valence-corrected chi connectivity index (χ3v) is 16.6. The summed E-state index contributed by atoms with van der Waals surface area (Å²) in [7, 11) is -6.85. The van der Waals surface area contributed by atoms with Gasteiger partial charge in [0.25, 0.3) is 0 Å². The van der Waals surface area contributed by atoms with Gasteiger partial charge in [0.05, 0.1) is 0 Å². The van der Waals surface area contributed by atoms with Crippen molar-refractivity contribution in [2.75, 3.05) is 17.2 Å². The quantitative estimate of drug-likeness (QED) is 0.128. The van der Waals surface area contributed by atoms with E-state index in [2.05, 4.69) is 52.3 Å². The molecule has 0 fully saturated rings. The second kappa shape index (κ2) is 11.0. The Labute approximate surface area is 249 Å². The van der Waals surface area contributed by atoms with Gasteiger partial charge in [-0.2, -0.15) is 0 Å². The number of benzene rings is 3. The van der Waals surface area contributed by atoms with Crippen molar-refractivity contribution in [3.63, 3.8) is 0 Å². The molecule has 18 heteroatoms. The Morgan fingerprint density at radius 2 is 1.11 bits per heavy atom. The molecule has 0 saturated carbocycles. The number of hydrogen-bond donors (Lipinski definition) is 3. The van der Waals surface area contributed by atoms with E-state index in [0.29, 0.717) is 30.5 Å². The average molecular weight is 802 g/mol. The molecule has 0 saturated heterocycles. The van der Waals surface area contributed by atoms with Crippen molar-refractivity contribution >= 4 is 123 Å². The number of rotatable bonds is 6. The molecule has 1 atom stereocenters. The molecule has 36 heavy (non-hydrogen) atoms. The van der Waals surface area contributed by atoms with Gasteiger partial charge < -0.3 is 0 Å². The molecule has 3 aromatic carbocycles. The summed E-state index contributed by atoms with van der Waals surface area (Å²) in [5, 5.41) is 0. The first-order chi connectivity index (χ1) is 16.9. The maximum absolute atomic E-state index is 6.91. The third-order valence-electron chi connectivity index (χ3n) is 4.44. The summed E-state index contributed by atoms with van der Waals surface area (Å²) in [5.74, 6) is 0.813. The predicted molar refractivity (Wildman–Crippen MR) is 162 cm³/mol. The molecular weight excluding hydrogens is 787 g/mol. The molecule has 0 bridgehead atoms. The second-order valence-corrected chi connectivity index (χ2v) is 17.9. The summed E-state index contributed by atoms with van der Waals surface area (Å²) >= 11 is 30.3. The van der Waals surface area contributed by atoms with Crippen LogP contribution in [0.3, 0.4) is 0 Å². The van der Waals surface area contributed by atoms with E-state index in [9.17, 15) is 0 Å². The van der Waals surface area contributed by atoms with Crippen LogP contribution in [0.4, 0.5) is 17.1 Å². The van der Waals surface area contributed by atoms with Gasteiger partial charge in [0.1, 0.15) is 0 Å². The monoisotopic (exact) mass is 798 g/mol. The first-order valence-electron chi connectivity index (χ1n) is 9.51. The van der Waals surface area contributed by atoms with Gasteiger partial charge in [-0.05, 0) is 0 Å². The number of anilines is 3. The summed E-state index contributed by atoms with van der Waals surface area (Å²) < 4.78 is 28.1. The fourth-order valence-corrected chi connectivity index (χ4v) is 13.9. The molecule has 1 aliphatic rings. The van der Waals surface area contributed by atoms with Gasteiger partial charge >= 0.3 is 252 Å². The van der Waals surface area contributed by atoms with E-state index >= 15 is 0 Å².